The number of nitrogens with two attached hydrogens (primary N) is 3. The largest absolute Gasteiger partial charge is 0.507 e. The van der Waals surface area contributed by atoms with Crippen molar-refractivity contribution in [2.24, 2.45) is 0 Å². The molecule has 0 radical (unpaired) electrons. The third-order valence-electron chi connectivity index (χ3n) is 7.29. The van der Waals surface area contributed by atoms with Crippen molar-refractivity contribution >= 4 is 101 Å². The van der Waals surface area contributed by atoms with E-state index in [9.17, 15) is 52.0 Å². The number of rotatable bonds is 10. The zero-order valence-corrected chi connectivity index (χ0v) is 34.0. The Hall–Kier alpha value is -5.09. The van der Waals surface area contributed by atoms with Gasteiger partial charge in [0.1, 0.15) is 10.6 Å². The van der Waals surface area contributed by atoms with E-state index in [2.05, 4.69) is 5.32 Å². The molecule has 0 aliphatic carbocycles. The molecule has 0 fully saturated rings. The predicted molar refractivity (Wildman–Crippen MR) is 214 cm³/mol. The number of nitrogens with one attached hydrogen (secondary N) is 1. The van der Waals surface area contributed by atoms with E-state index < -0.39 is 76.7 Å². The lowest BCUT2D eigenvalue weighted by atomic mass is 10.1. The second-order valence-electron chi connectivity index (χ2n) is 11.7. The molecule has 5 aromatic carbocycles. The quantitative estimate of drug-likeness (QED) is 0.0552. The molecule has 0 heterocycles. The number of nitrogen functional groups attached to an aromatic ring is 3. The second-order valence-corrected chi connectivity index (χ2v) is 19.9. The monoisotopic (exact) mass is 924 g/mol. The van der Waals surface area contributed by atoms with E-state index in [-0.39, 0.29) is 55.7 Å². The van der Waals surface area contributed by atoms with Crippen molar-refractivity contribution in [2.75, 3.05) is 34.2 Å². The Morgan fingerprint density at radius 3 is 1.67 bits per heavy atom. The molecule has 5 aromatic rings. The fourth-order valence-electron chi connectivity index (χ4n) is 4.72. The van der Waals surface area contributed by atoms with E-state index in [1.807, 2.05) is 0 Å². The van der Waals surface area contributed by atoms with E-state index in [1.54, 1.807) is 12.1 Å². The summed E-state index contributed by atoms with van der Waals surface area (Å²) in [4.78, 5) is 10.6. The van der Waals surface area contributed by atoms with Gasteiger partial charge < -0.3 is 27.6 Å². The maximum atomic E-state index is 12.4. The van der Waals surface area contributed by atoms with E-state index >= 15 is 0 Å². The molecule has 0 saturated carbocycles. The van der Waals surface area contributed by atoms with Gasteiger partial charge in [-0.2, -0.15) is 33.7 Å². The Morgan fingerprint density at radius 2 is 1.17 bits per heavy atom. The lowest BCUT2D eigenvalue weighted by molar-refractivity contribution is 0.102. The first-order valence-corrected chi connectivity index (χ1v) is 23.5. The molecule has 0 aromatic heterocycles. The van der Waals surface area contributed by atoms with Crippen molar-refractivity contribution in [2.45, 2.75) is 25.3 Å². The molecule has 20 nitrogen and oxygen atoms in total. The lowest BCUT2D eigenvalue weighted by Gasteiger charge is -2.09. The molecule has 26 heteroatoms. The highest BCUT2D eigenvalue weighted by Crippen LogP contribution is 2.35. The molecule has 0 aliphatic rings. The molecule has 0 bridgehead atoms. The van der Waals surface area contributed by atoms with Gasteiger partial charge in [-0.1, -0.05) is 12.1 Å². The summed E-state index contributed by atoms with van der Waals surface area (Å²) in [7, 11) is -21.1. The standard InChI is InChI=1S/C16H17ClN2O6S2.C10H9NO7S2.C6H7NO3S/c17-6-7-26(21,22)10-11-2-1-3-12(8-11)16(20)19-13-4-5-15(14(18)9-13)27(23,24)25;11-8-3-6(19(13,14)15)1-5-2-7(20(16,17)18)4-9(12)10(5)8;7-5-1-3-6(4-2-5)11(8,9)10/h1-5,8-9H,6-7,10,18H2,(H,19,20)(H,23,24,25);1-4,12H,11H2,(H,13,14,15)(H,16,17,18);1-4H,7H2,(H,8,9,10). The molecular formula is C32H33ClN4O16S5. The van der Waals surface area contributed by atoms with Crippen molar-refractivity contribution < 1.29 is 70.2 Å². The zero-order chi connectivity index (χ0) is 44.0. The summed E-state index contributed by atoms with van der Waals surface area (Å²) in [6.07, 6.45) is 0. The van der Waals surface area contributed by atoms with Crippen LogP contribution in [0, 0.1) is 0 Å². The van der Waals surface area contributed by atoms with Crippen LogP contribution in [-0.2, 0) is 56.1 Å². The van der Waals surface area contributed by atoms with Gasteiger partial charge in [0, 0.05) is 40.0 Å². The van der Waals surface area contributed by atoms with Crippen LogP contribution in [0.1, 0.15) is 15.9 Å². The van der Waals surface area contributed by atoms with Gasteiger partial charge in [0.25, 0.3) is 46.4 Å². The number of anilines is 4. The van der Waals surface area contributed by atoms with Crippen LogP contribution in [-0.4, -0.2) is 82.9 Å². The second kappa shape index (κ2) is 18.2. The number of hydrogen-bond donors (Lipinski definition) is 9. The number of sulfone groups is 1. The summed E-state index contributed by atoms with van der Waals surface area (Å²) in [6.45, 7) is 0. The van der Waals surface area contributed by atoms with Crippen molar-refractivity contribution in [3.05, 3.63) is 102 Å². The third-order valence-corrected chi connectivity index (χ3v) is 12.8. The van der Waals surface area contributed by atoms with Gasteiger partial charge in [0.2, 0.25) is 0 Å². The third kappa shape index (κ3) is 13.5. The fraction of sp³-hybridized carbons (Fsp3) is 0.0938. The van der Waals surface area contributed by atoms with Gasteiger partial charge in [-0.3, -0.25) is 23.0 Å². The number of carbonyl (C=O) groups is 1. The van der Waals surface area contributed by atoms with Gasteiger partial charge >= 0.3 is 0 Å². The van der Waals surface area contributed by atoms with Gasteiger partial charge in [0.15, 0.2) is 9.84 Å². The Morgan fingerprint density at radius 1 is 0.621 bits per heavy atom. The van der Waals surface area contributed by atoms with Crippen molar-refractivity contribution in [3.63, 3.8) is 0 Å². The molecule has 12 N–H and O–H groups in total. The number of fused-ring (bicyclic) bond motifs is 1. The molecule has 1 amide bonds. The Kier molecular flexibility index (Phi) is 14.9. The first-order chi connectivity index (χ1) is 26.5. The van der Waals surface area contributed by atoms with Crippen molar-refractivity contribution in [1.82, 2.24) is 0 Å². The Balaban J connectivity index is 0.000000253. The summed E-state index contributed by atoms with van der Waals surface area (Å²) in [5.74, 6) is -1.50. The number of aromatic hydroxyl groups is 1. The number of benzene rings is 5. The summed E-state index contributed by atoms with van der Waals surface area (Å²) < 4.78 is 147. The molecule has 5 rings (SSSR count). The SMILES string of the molecule is Nc1cc(NC(=O)c2cccc(CS(=O)(=O)CCCl)c2)ccc1S(=O)(=O)O.Nc1cc(S(=O)(=O)O)cc2cc(S(=O)(=O)O)cc(O)c12.Nc1ccc(S(=O)(=O)O)cc1. The number of halogens is 1. The molecule has 58 heavy (non-hydrogen) atoms. The molecule has 0 aliphatic heterocycles. The number of phenolic OH excluding ortho intramolecular Hbond substituents is 1. The van der Waals surface area contributed by atoms with E-state index in [0.29, 0.717) is 11.3 Å². The average molecular weight is 925 g/mol. The van der Waals surface area contributed by atoms with Crippen LogP contribution in [0.2, 0.25) is 0 Å². The van der Waals surface area contributed by atoms with Crippen LogP contribution in [0.25, 0.3) is 10.8 Å². The molecule has 314 valence electrons. The highest BCUT2D eigenvalue weighted by atomic mass is 35.5. The molecule has 0 unspecified atom stereocenters. The number of carbonyl (C=O) groups excluding carboxylic acids is 1. The number of alkyl halides is 1. The average Bonchev–Trinajstić information content (AvgIpc) is 3.07. The van der Waals surface area contributed by atoms with Gasteiger partial charge in [-0.05, 0) is 83.7 Å². The van der Waals surface area contributed by atoms with Gasteiger partial charge in [-0.15, -0.1) is 11.6 Å². The normalized spacial score (nSPS) is 12.1. The Bertz CT molecular complexity index is 2860. The topological polar surface area (TPSA) is 379 Å². The Labute approximate surface area is 337 Å². The van der Waals surface area contributed by atoms with Crippen LogP contribution < -0.4 is 22.5 Å². The minimum atomic E-state index is -4.59. The minimum absolute atomic E-state index is 0.00444. The first-order valence-electron chi connectivity index (χ1n) is 15.4. The molecule has 0 atom stereocenters. The summed E-state index contributed by atoms with van der Waals surface area (Å²) >= 11 is 5.47. The summed E-state index contributed by atoms with van der Waals surface area (Å²) in [5, 5.41) is 12.2. The highest BCUT2D eigenvalue weighted by molar-refractivity contribution is 7.90. The van der Waals surface area contributed by atoms with Crippen LogP contribution in [0.15, 0.2) is 111 Å². The number of hydrogen-bond acceptors (Lipinski definition) is 15. The van der Waals surface area contributed by atoms with Crippen molar-refractivity contribution in [1.29, 1.82) is 0 Å². The number of phenols is 1. The molecule has 0 spiro atoms. The van der Waals surface area contributed by atoms with Crippen LogP contribution in [0.5, 0.6) is 5.75 Å². The molecule has 0 saturated heterocycles. The molecular weight excluding hydrogens is 892 g/mol. The summed E-state index contributed by atoms with van der Waals surface area (Å²) in [5.41, 5.74) is 17.4. The minimum Gasteiger partial charge on any atom is -0.507 e. The fourth-order valence-corrected chi connectivity index (χ4v) is 8.66. The smallest absolute Gasteiger partial charge is 0.296 e. The van der Waals surface area contributed by atoms with E-state index in [4.69, 9.17) is 47.0 Å². The predicted octanol–water partition coefficient (Wildman–Crippen LogP) is 3.06. The van der Waals surface area contributed by atoms with Crippen LogP contribution >= 0.6 is 11.6 Å². The summed E-state index contributed by atoms with van der Waals surface area (Å²) in [6, 6.07) is 18.5. The zero-order valence-electron chi connectivity index (χ0n) is 29.2. The van der Waals surface area contributed by atoms with Crippen molar-refractivity contribution in [3.8, 4) is 5.75 Å². The van der Waals surface area contributed by atoms with Crippen LogP contribution in [0.3, 0.4) is 0 Å². The highest BCUT2D eigenvalue weighted by Gasteiger charge is 2.19. The van der Waals surface area contributed by atoms with Gasteiger partial charge in [-0.25, -0.2) is 8.42 Å². The van der Waals surface area contributed by atoms with Gasteiger partial charge in [0.05, 0.1) is 31.9 Å². The maximum Gasteiger partial charge on any atom is 0.296 e. The van der Waals surface area contributed by atoms with Crippen LogP contribution in [0.4, 0.5) is 22.7 Å². The van der Waals surface area contributed by atoms with E-state index in [0.717, 1.165) is 30.3 Å². The lowest BCUT2D eigenvalue weighted by Crippen LogP contribution is -2.14. The first kappa shape index (κ1) is 47.3. The van der Waals surface area contributed by atoms with E-state index in [1.165, 1.54) is 48.5 Å². The number of amides is 1. The maximum absolute atomic E-state index is 12.4.